The summed E-state index contributed by atoms with van der Waals surface area (Å²) >= 11 is 0. The Morgan fingerprint density at radius 1 is 1.19 bits per heavy atom. The Labute approximate surface area is 126 Å². The molecule has 1 aromatic carbocycles. The van der Waals surface area contributed by atoms with Crippen molar-refractivity contribution in [2.24, 2.45) is 5.41 Å². The van der Waals surface area contributed by atoms with Gasteiger partial charge in [-0.15, -0.1) is 0 Å². The molecule has 1 unspecified atom stereocenters. The minimum atomic E-state index is 0.220. The molecule has 1 saturated heterocycles. The second kappa shape index (κ2) is 4.04. The molecule has 2 aliphatic rings. The zero-order chi connectivity index (χ0) is 14.8. The van der Waals surface area contributed by atoms with E-state index in [2.05, 4.69) is 48.2 Å². The minimum Gasteiger partial charge on any atom is -0.313 e. The van der Waals surface area contributed by atoms with Crippen LogP contribution in [0.4, 0.5) is 0 Å². The molecule has 110 valence electrons. The maximum absolute atomic E-state index is 4.65. The van der Waals surface area contributed by atoms with Crippen LogP contribution in [0.5, 0.6) is 0 Å². The van der Waals surface area contributed by atoms with Gasteiger partial charge in [-0.3, -0.25) is 4.98 Å². The lowest BCUT2D eigenvalue weighted by Crippen LogP contribution is -2.62. The molecule has 0 spiro atoms. The van der Waals surface area contributed by atoms with Crippen molar-refractivity contribution in [1.29, 1.82) is 0 Å². The second-order valence-corrected chi connectivity index (χ2v) is 7.52. The van der Waals surface area contributed by atoms with E-state index in [1.54, 1.807) is 0 Å². The van der Waals surface area contributed by atoms with Crippen molar-refractivity contribution in [3.05, 3.63) is 35.2 Å². The number of piperidine rings is 1. The first kappa shape index (κ1) is 13.2. The van der Waals surface area contributed by atoms with Crippen molar-refractivity contribution in [2.75, 3.05) is 6.54 Å². The number of hydrogen-bond donors (Lipinski definition) is 1. The molecule has 2 bridgehead atoms. The van der Waals surface area contributed by atoms with Crippen molar-refractivity contribution in [3.63, 3.8) is 0 Å². The van der Waals surface area contributed by atoms with Crippen LogP contribution in [0, 0.1) is 12.3 Å². The molecule has 2 heterocycles. The Hall–Kier alpha value is -1.48. The van der Waals surface area contributed by atoms with Crippen LogP contribution < -0.4 is 5.32 Å². The predicted octanol–water partition coefficient (Wildman–Crippen LogP) is 3.14. The molecule has 0 saturated carbocycles. The van der Waals surface area contributed by atoms with Crippen LogP contribution >= 0.6 is 0 Å². The molecule has 2 aromatic rings. The molecule has 21 heavy (non-hydrogen) atoms. The third kappa shape index (κ3) is 1.64. The van der Waals surface area contributed by atoms with Gasteiger partial charge < -0.3 is 5.32 Å². The lowest BCUT2D eigenvalue weighted by molar-refractivity contribution is 0.0561. The van der Waals surface area contributed by atoms with Crippen LogP contribution in [0.1, 0.15) is 44.0 Å². The van der Waals surface area contributed by atoms with Crippen LogP contribution in [-0.2, 0) is 11.8 Å². The number of benzene rings is 1. The third-order valence-corrected chi connectivity index (χ3v) is 6.22. The third-order valence-electron chi connectivity index (χ3n) is 6.22. The number of aryl methyl sites for hydroxylation is 1. The molecule has 3 nitrogen and oxygen atoms in total. The first-order valence-corrected chi connectivity index (χ1v) is 7.92. The van der Waals surface area contributed by atoms with E-state index >= 15 is 0 Å². The largest absolute Gasteiger partial charge is 0.313 e. The molecule has 2 atom stereocenters. The molecule has 1 aromatic heterocycles. The van der Waals surface area contributed by atoms with Crippen molar-refractivity contribution in [1.82, 2.24) is 15.3 Å². The van der Waals surface area contributed by atoms with E-state index in [1.807, 2.05) is 13.1 Å². The predicted molar refractivity (Wildman–Crippen MR) is 85.5 cm³/mol. The fourth-order valence-corrected chi connectivity index (χ4v) is 4.36. The Bertz CT molecular complexity index is 735. The minimum absolute atomic E-state index is 0.220. The topological polar surface area (TPSA) is 37.8 Å². The van der Waals surface area contributed by atoms with Gasteiger partial charge in [-0.05, 0) is 55.0 Å². The highest BCUT2D eigenvalue weighted by Crippen LogP contribution is 2.53. The second-order valence-electron chi connectivity index (χ2n) is 7.52. The fraction of sp³-hybridized carbons (Fsp3) is 0.556. The zero-order valence-electron chi connectivity index (χ0n) is 13.3. The lowest BCUT2D eigenvalue weighted by Gasteiger charge is -2.57. The molecule has 1 aliphatic heterocycles. The molecule has 4 rings (SSSR count). The number of aromatic nitrogens is 2. The van der Waals surface area contributed by atoms with E-state index in [0.717, 1.165) is 29.7 Å². The highest BCUT2D eigenvalue weighted by atomic mass is 15.0. The Kier molecular flexibility index (Phi) is 2.54. The first-order chi connectivity index (χ1) is 9.92. The van der Waals surface area contributed by atoms with Gasteiger partial charge in [0.25, 0.3) is 0 Å². The molecular formula is C18H23N3. The summed E-state index contributed by atoms with van der Waals surface area (Å²) in [4.78, 5) is 9.25. The maximum Gasteiger partial charge on any atom is 0.0892 e. The number of rotatable bonds is 0. The van der Waals surface area contributed by atoms with Crippen molar-refractivity contribution >= 4 is 11.0 Å². The lowest BCUT2D eigenvalue weighted by atomic mass is 9.51. The van der Waals surface area contributed by atoms with E-state index in [9.17, 15) is 0 Å². The Morgan fingerprint density at radius 2 is 2.00 bits per heavy atom. The van der Waals surface area contributed by atoms with Crippen LogP contribution in [0.15, 0.2) is 18.3 Å². The summed E-state index contributed by atoms with van der Waals surface area (Å²) in [5, 5.41) is 3.73. The maximum atomic E-state index is 4.65. The first-order valence-electron chi connectivity index (χ1n) is 7.92. The number of hydrogen-bond acceptors (Lipinski definition) is 3. The SMILES string of the molecule is Cc1cnc2cc3c(cc2n1)CC1NCC[C@]3(C)C1(C)C. The van der Waals surface area contributed by atoms with Crippen LogP contribution in [0.3, 0.4) is 0 Å². The van der Waals surface area contributed by atoms with Gasteiger partial charge in [-0.2, -0.15) is 0 Å². The van der Waals surface area contributed by atoms with Crippen LogP contribution in [-0.4, -0.2) is 22.6 Å². The Balaban J connectivity index is 2.00. The summed E-state index contributed by atoms with van der Waals surface area (Å²) in [6.45, 7) is 10.4. The smallest absolute Gasteiger partial charge is 0.0892 e. The summed E-state index contributed by atoms with van der Waals surface area (Å²) in [6.07, 6.45) is 4.16. The van der Waals surface area contributed by atoms with Crippen molar-refractivity contribution in [3.8, 4) is 0 Å². The number of nitrogens with one attached hydrogen (secondary N) is 1. The zero-order valence-corrected chi connectivity index (χ0v) is 13.3. The van der Waals surface area contributed by atoms with Gasteiger partial charge in [0.2, 0.25) is 0 Å². The fourth-order valence-electron chi connectivity index (χ4n) is 4.36. The average Bonchev–Trinajstić information content (AvgIpc) is 2.41. The molecule has 1 aliphatic carbocycles. The monoisotopic (exact) mass is 281 g/mol. The summed E-state index contributed by atoms with van der Waals surface area (Å²) < 4.78 is 0. The van der Waals surface area contributed by atoms with Gasteiger partial charge >= 0.3 is 0 Å². The highest BCUT2D eigenvalue weighted by Gasteiger charge is 2.53. The van der Waals surface area contributed by atoms with E-state index in [-0.39, 0.29) is 10.8 Å². The molecule has 3 heteroatoms. The molecule has 0 radical (unpaired) electrons. The quantitative estimate of drug-likeness (QED) is 0.806. The average molecular weight is 281 g/mol. The van der Waals surface area contributed by atoms with Crippen molar-refractivity contribution < 1.29 is 0 Å². The molecular weight excluding hydrogens is 258 g/mol. The highest BCUT2D eigenvalue weighted by molar-refractivity contribution is 5.77. The van der Waals surface area contributed by atoms with Gasteiger partial charge in [0.05, 0.1) is 16.7 Å². The van der Waals surface area contributed by atoms with Gasteiger partial charge in [-0.25, -0.2) is 4.98 Å². The summed E-state index contributed by atoms with van der Waals surface area (Å²) in [7, 11) is 0. The standard InChI is InChI=1S/C18H23N3/c1-11-10-20-14-9-13-12(7-15(14)21-11)8-16-17(2,3)18(13,4)5-6-19-16/h7,9-10,16,19H,5-6,8H2,1-4H3/t16?,18-/m0/s1. The summed E-state index contributed by atoms with van der Waals surface area (Å²) in [5.41, 5.74) is 6.50. The van der Waals surface area contributed by atoms with E-state index in [1.165, 1.54) is 17.5 Å². The van der Waals surface area contributed by atoms with Crippen LogP contribution in [0.25, 0.3) is 11.0 Å². The Morgan fingerprint density at radius 3 is 2.81 bits per heavy atom. The van der Waals surface area contributed by atoms with Gasteiger partial charge in [-0.1, -0.05) is 20.8 Å². The van der Waals surface area contributed by atoms with Gasteiger partial charge in [0.1, 0.15) is 0 Å². The van der Waals surface area contributed by atoms with Gasteiger partial charge in [0, 0.05) is 17.7 Å². The van der Waals surface area contributed by atoms with E-state index < -0.39 is 0 Å². The summed E-state index contributed by atoms with van der Waals surface area (Å²) in [6, 6.07) is 5.14. The molecule has 1 fully saturated rings. The number of fused-ring (bicyclic) bond motifs is 5. The molecule has 1 N–H and O–H groups in total. The van der Waals surface area contributed by atoms with Crippen molar-refractivity contribution in [2.45, 2.75) is 52.0 Å². The van der Waals surface area contributed by atoms with Crippen LogP contribution in [0.2, 0.25) is 0 Å². The van der Waals surface area contributed by atoms with Gasteiger partial charge in [0.15, 0.2) is 0 Å². The summed E-state index contributed by atoms with van der Waals surface area (Å²) in [5.74, 6) is 0. The number of nitrogens with zero attached hydrogens (tertiary/aromatic N) is 2. The van der Waals surface area contributed by atoms with E-state index in [0.29, 0.717) is 6.04 Å². The normalized spacial score (nSPS) is 30.2. The molecule has 0 amide bonds. The van der Waals surface area contributed by atoms with E-state index in [4.69, 9.17) is 0 Å².